The highest BCUT2D eigenvalue weighted by molar-refractivity contribution is 8.02. The Morgan fingerprint density at radius 2 is 2.15 bits per heavy atom. The lowest BCUT2D eigenvalue weighted by Gasteiger charge is -2.47. The molecule has 26 heavy (non-hydrogen) atoms. The molecule has 7 heteroatoms. The molecule has 2 N–H and O–H groups in total. The molecule has 3 aliphatic rings. The first-order chi connectivity index (χ1) is 12.5. The Hall–Kier alpha value is -1.18. The van der Waals surface area contributed by atoms with E-state index in [4.69, 9.17) is 4.74 Å². The Labute approximate surface area is 155 Å². The summed E-state index contributed by atoms with van der Waals surface area (Å²) < 4.78 is 46.0. The van der Waals surface area contributed by atoms with Crippen LogP contribution >= 0.6 is 11.8 Å². The van der Waals surface area contributed by atoms with E-state index in [1.807, 2.05) is 7.05 Å². The van der Waals surface area contributed by atoms with Gasteiger partial charge in [0.1, 0.15) is 0 Å². The van der Waals surface area contributed by atoms with E-state index < -0.39 is 11.7 Å². The second-order valence-corrected chi connectivity index (χ2v) is 8.21. The molecule has 0 aromatic heterocycles. The second-order valence-electron chi connectivity index (χ2n) is 7.27. The van der Waals surface area contributed by atoms with Crippen LogP contribution in [0.1, 0.15) is 30.1 Å². The number of likely N-dealkylation sites (N-methyl/N-ethyl adjacent to an activating group) is 1. The van der Waals surface area contributed by atoms with Crippen LogP contribution in [0.2, 0.25) is 0 Å². The van der Waals surface area contributed by atoms with Crippen LogP contribution in [0.25, 0.3) is 0 Å². The lowest BCUT2D eigenvalue weighted by atomic mass is 9.74. The van der Waals surface area contributed by atoms with Crippen LogP contribution in [0.4, 0.5) is 18.9 Å². The standard InChI is InChI=1S/C19H23F3N2OS/c1-23-9-13-3-4-14-17(11-6-7-26-10-11)24-16-5-2-12(19(20,21)22)8-15(16)18(14)25-13/h2,5-8,11,13-14,17-18,23-24H,3-4,9-10H2,1H3/t11?,13-,14+,17+,18+/m1/s1. The second kappa shape index (κ2) is 7.09. The quantitative estimate of drug-likeness (QED) is 0.808. The van der Waals surface area contributed by atoms with E-state index in [0.29, 0.717) is 11.5 Å². The number of rotatable bonds is 3. The number of anilines is 1. The number of benzene rings is 1. The zero-order valence-electron chi connectivity index (χ0n) is 14.6. The Balaban J connectivity index is 1.70. The van der Waals surface area contributed by atoms with Gasteiger partial charge >= 0.3 is 6.18 Å². The van der Waals surface area contributed by atoms with Crippen molar-refractivity contribution in [1.82, 2.24) is 5.32 Å². The average molecular weight is 384 g/mol. The summed E-state index contributed by atoms with van der Waals surface area (Å²) in [6, 6.07) is 4.21. The zero-order valence-corrected chi connectivity index (χ0v) is 15.4. The van der Waals surface area contributed by atoms with E-state index in [2.05, 4.69) is 22.1 Å². The molecule has 3 heterocycles. The van der Waals surface area contributed by atoms with Crippen molar-refractivity contribution in [3.8, 4) is 0 Å². The molecule has 1 unspecified atom stereocenters. The van der Waals surface area contributed by atoms with Crippen molar-refractivity contribution in [2.75, 3.05) is 24.7 Å². The highest BCUT2D eigenvalue weighted by Gasteiger charge is 2.45. The fourth-order valence-electron chi connectivity index (χ4n) is 4.37. The van der Waals surface area contributed by atoms with Crippen LogP contribution in [0.15, 0.2) is 29.7 Å². The number of fused-ring (bicyclic) bond motifs is 3. The number of thioether (sulfide) groups is 1. The zero-order chi connectivity index (χ0) is 18.3. The fourth-order valence-corrected chi connectivity index (χ4v) is 5.34. The molecule has 1 aromatic rings. The first-order valence-electron chi connectivity index (χ1n) is 9.03. The Bertz CT molecular complexity index is 694. The topological polar surface area (TPSA) is 33.3 Å². The number of nitrogens with one attached hydrogen (secondary N) is 2. The van der Waals surface area contributed by atoms with Gasteiger partial charge in [-0.3, -0.25) is 0 Å². The van der Waals surface area contributed by atoms with Gasteiger partial charge < -0.3 is 15.4 Å². The molecule has 1 fully saturated rings. The van der Waals surface area contributed by atoms with Crippen molar-refractivity contribution in [1.29, 1.82) is 0 Å². The van der Waals surface area contributed by atoms with Crippen molar-refractivity contribution >= 4 is 17.4 Å². The van der Waals surface area contributed by atoms with Crippen molar-refractivity contribution in [2.45, 2.75) is 37.3 Å². The number of alkyl halides is 3. The monoisotopic (exact) mass is 384 g/mol. The van der Waals surface area contributed by atoms with Gasteiger partial charge in [-0.1, -0.05) is 6.08 Å². The third-order valence-electron chi connectivity index (χ3n) is 5.62. The van der Waals surface area contributed by atoms with Crippen molar-refractivity contribution in [3.05, 3.63) is 40.8 Å². The molecule has 0 bridgehead atoms. The Morgan fingerprint density at radius 1 is 1.31 bits per heavy atom. The SMILES string of the molecule is CNC[C@H]1CC[C@@H]2[C@H](O1)c1cc(C(F)(F)F)ccc1N[C@H]2C1C=CSC1. The molecule has 1 aromatic carbocycles. The lowest BCUT2D eigenvalue weighted by Crippen LogP contribution is -2.48. The molecule has 0 amide bonds. The van der Waals surface area contributed by atoms with Crippen molar-refractivity contribution in [3.63, 3.8) is 0 Å². The predicted molar refractivity (Wildman–Crippen MR) is 98.2 cm³/mol. The smallest absolute Gasteiger partial charge is 0.381 e. The van der Waals surface area contributed by atoms with E-state index in [9.17, 15) is 13.2 Å². The summed E-state index contributed by atoms with van der Waals surface area (Å²) >= 11 is 1.79. The predicted octanol–water partition coefficient (Wildman–Crippen LogP) is 4.43. The van der Waals surface area contributed by atoms with Crippen LogP contribution in [-0.4, -0.2) is 31.5 Å². The van der Waals surface area contributed by atoms with Crippen LogP contribution in [0.3, 0.4) is 0 Å². The van der Waals surface area contributed by atoms with Crippen LogP contribution in [-0.2, 0) is 10.9 Å². The summed E-state index contributed by atoms with van der Waals surface area (Å²) in [5.74, 6) is 1.58. The molecule has 3 aliphatic heterocycles. The van der Waals surface area contributed by atoms with Crippen molar-refractivity contribution < 1.29 is 17.9 Å². The van der Waals surface area contributed by atoms with E-state index in [1.165, 1.54) is 6.07 Å². The summed E-state index contributed by atoms with van der Waals surface area (Å²) in [6.07, 6.45) is -0.489. The van der Waals surface area contributed by atoms with Crippen LogP contribution in [0.5, 0.6) is 0 Å². The molecule has 142 valence electrons. The van der Waals surface area contributed by atoms with E-state index in [-0.39, 0.29) is 24.2 Å². The molecule has 4 rings (SSSR count). The Morgan fingerprint density at radius 3 is 2.85 bits per heavy atom. The number of hydrogen-bond acceptors (Lipinski definition) is 4. The summed E-state index contributed by atoms with van der Waals surface area (Å²) in [4.78, 5) is 0. The van der Waals surface area contributed by atoms with Gasteiger partial charge in [0.15, 0.2) is 0 Å². The third kappa shape index (κ3) is 3.37. The summed E-state index contributed by atoms with van der Waals surface area (Å²) in [5, 5.41) is 8.78. The molecule has 0 saturated carbocycles. The van der Waals surface area contributed by atoms with Gasteiger partial charge in [-0.25, -0.2) is 0 Å². The largest absolute Gasteiger partial charge is 0.416 e. The summed E-state index contributed by atoms with van der Waals surface area (Å²) in [7, 11) is 1.87. The van der Waals surface area contributed by atoms with Crippen molar-refractivity contribution in [2.24, 2.45) is 11.8 Å². The van der Waals surface area contributed by atoms with E-state index in [0.717, 1.165) is 36.9 Å². The third-order valence-corrected chi connectivity index (χ3v) is 6.55. The molecule has 5 atom stereocenters. The molecular formula is C19H23F3N2OS. The highest BCUT2D eigenvalue weighted by Crippen LogP contribution is 2.49. The minimum Gasteiger partial charge on any atom is -0.381 e. The molecular weight excluding hydrogens is 361 g/mol. The van der Waals surface area contributed by atoms with E-state index in [1.54, 1.807) is 17.8 Å². The first-order valence-corrected chi connectivity index (χ1v) is 10.1. The van der Waals surface area contributed by atoms with Gasteiger partial charge in [-0.2, -0.15) is 13.2 Å². The molecule has 0 radical (unpaired) electrons. The normalized spacial score (nSPS) is 33.5. The van der Waals surface area contributed by atoms with Gasteiger partial charge in [0, 0.05) is 41.4 Å². The number of halogens is 3. The first kappa shape index (κ1) is 18.2. The maximum absolute atomic E-state index is 13.2. The maximum Gasteiger partial charge on any atom is 0.416 e. The lowest BCUT2D eigenvalue weighted by molar-refractivity contribution is -0.138. The molecule has 1 saturated heterocycles. The van der Waals surface area contributed by atoms with Crippen LogP contribution < -0.4 is 10.6 Å². The van der Waals surface area contributed by atoms with Gasteiger partial charge in [0.05, 0.1) is 17.8 Å². The van der Waals surface area contributed by atoms with Gasteiger partial charge in [0.25, 0.3) is 0 Å². The molecule has 3 nitrogen and oxygen atoms in total. The van der Waals surface area contributed by atoms with Gasteiger partial charge in [0.2, 0.25) is 0 Å². The van der Waals surface area contributed by atoms with Gasteiger partial charge in [-0.05, 0) is 43.5 Å². The maximum atomic E-state index is 13.2. The summed E-state index contributed by atoms with van der Waals surface area (Å²) in [6.45, 7) is 0.717. The minimum absolute atomic E-state index is 0.0379. The fraction of sp³-hybridized carbons (Fsp3) is 0.579. The van der Waals surface area contributed by atoms with Gasteiger partial charge in [-0.15, -0.1) is 11.8 Å². The Kier molecular flexibility index (Phi) is 4.96. The molecule has 0 aliphatic carbocycles. The number of ether oxygens (including phenoxy) is 1. The summed E-state index contributed by atoms with van der Waals surface area (Å²) in [5.41, 5.74) is 0.821. The highest BCUT2D eigenvalue weighted by atomic mass is 32.2. The molecule has 0 spiro atoms. The number of hydrogen-bond donors (Lipinski definition) is 2. The average Bonchev–Trinajstić information content (AvgIpc) is 3.14. The minimum atomic E-state index is -4.34. The van der Waals surface area contributed by atoms with E-state index >= 15 is 0 Å². The van der Waals surface area contributed by atoms with Crippen LogP contribution in [0, 0.1) is 11.8 Å².